The highest BCUT2D eigenvalue weighted by Gasteiger charge is 2.57. The molecule has 1 spiro atoms. The Kier molecular flexibility index (Phi) is 10.0. The Labute approximate surface area is 370 Å². The molecule has 2 aromatic heterocycles. The summed E-state index contributed by atoms with van der Waals surface area (Å²) in [6.07, 6.45) is 2.55. The second-order valence-corrected chi connectivity index (χ2v) is 17.7. The second-order valence-electron chi connectivity index (χ2n) is 17.7. The minimum Gasteiger partial charge on any atom is -0.503 e. The Bertz CT molecular complexity index is 2950. The molecular weight excluding hydrogens is 803 g/mol. The highest BCUT2D eigenvalue weighted by molar-refractivity contribution is 6.65. The van der Waals surface area contributed by atoms with Crippen molar-refractivity contribution in [1.82, 2.24) is 20.2 Å². The molecule has 1 amide bonds. The molecule has 3 saturated heterocycles. The number of nitrogens with one attached hydrogen (secondary N) is 3. The van der Waals surface area contributed by atoms with Crippen LogP contribution < -0.4 is 27.0 Å². The van der Waals surface area contributed by atoms with Crippen molar-refractivity contribution in [2.45, 2.75) is 61.8 Å². The molecule has 12 nitrogen and oxygen atoms in total. The van der Waals surface area contributed by atoms with E-state index >= 15 is 0 Å². The molecule has 5 aromatic carbocycles. The summed E-state index contributed by atoms with van der Waals surface area (Å²) in [7, 11) is -1.07. The zero-order chi connectivity index (χ0) is 43.6. The molecule has 0 bridgehead atoms. The van der Waals surface area contributed by atoms with Gasteiger partial charge in [-0.1, -0.05) is 91.0 Å². The molecule has 1 unspecified atom stereocenters. The Morgan fingerprint density at radius 1 is 0.750 bits per heavy atom. The van der Waals surface area contributed by atoms with Gasteiger partial charge in [-0.15, -0.1) is 0 Å². The summed E-state index contributed by atoms with van der Waals surface area (Å²) in [4.78, 5) is 51.8. The standard InChI is InChI=1S/C51H49BN6O6/c53-29-31-6-4-7-34(24-31)33-16-22-58(23-17-33)48(60)44-28-38-39(10-5-11-42(38)57-44)51(36-8-2-1-3-9-36)49(61)63-52(64-51)37-13-14-41-35(26-37)27-43(56-41)46(59)47-50(18-20-55-21-19-50)40-25-32(30-54)12-15-45(40)62-47/h1-15,24-28,33,47,55-57H,16-23,29-30,53-54H2/t47?,51-/m1/s1. The van der Waals surface area contributed by atoms with Crippen LogP contribution in [0.4, 0.5) is 0 Å². The molecule has 6 heterocycles. The van der Waals surface area contributed by atoms with Crippen LogP contribution in [-0.2, 0) is 38.2 Å². The van der Waals surface area contributed by atoms with Crippen LogP contribution in [0.5, 0.6) is 5.75 Å². The summed E-state index contributed by atoms with van der Waals surface area (Å²) in [5, 5.41) is 4.90. The quantitative estimate of drug-likeness (QED) is 0.0853. The Morgan fingerprint density at radius 3 is 2.31 bits per heavy atom. The Morgan fingerprint density at radius 2 is 1.52 bits per heavy atom. The van der Waals surface area contributed by atoms with Gasteiger partial charge in [0.15, 0.2) is 6.10 Å². The van der Waals surface area contributed by atoms with Crippen molar-refractivity contribution >= 4 is 52.0 Å². The normalized spacial score (nSPS) is 20.8. The highest BCUT2D eigenvalue weighted by atomic mass is 16.7. The number of aromatic amines is 2. The molecule has 0 aliphatic carbocycles. The van der Waals surface area contributed by atoms with Gasteiger partial charge in [-0.3, -0.25) is 9.59 Å². The van der Waals surface area contributed by atoms with Gasteiger partial charge in [0, 0.05) is 59.1 Å². The van der Waals surface area contributed by atoms with E-state index in [-0.39, 0.29) is 11.7 Å². The number of Topliss-reactive ketones (excluding diaryl/α,β-unsaturated/α-hetero) is 1. The van der Waals surface area contributed by atoms with Gasteiger partial charge < -0.3 is 45.7 Å². The second kappa shape index (κ2) is 15.9. The van der Waals surface area contributed by atoms with Gasteiger partial charge in [0.2, 0.25) is 11.4 Å². The van der Waals surface area contributed by atoms with Crippen molar-refractivity contribution in [1.29, 1.82) is 0 Å². The van der Waals surface area contributed by atoms with E-state index in [1.807, 2.05) is 102 Å². The molecule has 64 heavy (non-hydrogen) atoms. The lowest BCUT2D eigenvalue weighted by atomic mass is 9.68. The average Bonchev–Trinajstić information content (AvgIpc) is 4.14. The number of nitrogens with two attached hydrogens (primary N) is 2. The number of rotatable bonds is 9. The average molecular weight is 853 g/mol. The largest absolute Gasteiger partial charge is 0.566 e. The summed E-state index contributed by atoms with van der Waals surface area (Å²) in [6, 6.07) is 38.7. The fraction of sp³-hybridized carbons (Fsp3) is 0.275. The van der Waals surface area contributed by atoms with Crippen molar-refractivity contribution in [2.75, 3.05) is 26.2 Å². The summed E-state index contributed by atoms with van der Waals surface area (Å²) in [6.45, 7) is 3.73. The number of hydrogen-bond acceptors (Lipinski definition) is 9. The van der Waals surface area contributed by atoms with Gasteiger partial charge in [0.1, 0.15) is 11.4 Å². The predicted molar refractivity (Wildman–Crippen MR) is 245 cm³/mol. The van der Waals surface area contributed by atoms with Crippen molar-refractivity contribution < 1.29 is 28.4 Å². The number of fused-ring (bicyclic) bond motifs is 4. The van der Waals surface area contributed by atoms with Gasteiger partial charge >= 0.3 is 13.1 Å². The lowest BCUT2D eigenvalue weighted by Gasteiger charge is -2.37. The zero-order valence-electron chi connectivity index (χ0n) is 35.4. The van der Waals surface area contributed by atoms with Crippen molar-refractivity contribution in [3.05, 3.63) is 166 Å². The molecular formula is C51H49BN6O6. The number of ketones is 1. The Balaban J connectivity index is 0.879. The molecule has 3 fully saturated rings. The molecule has 13 heteroatoms. The fourth-order valence-corrected chi connectivity index (χ4v) is 10.7. The molecule has 2 atom stereocenters. The van der Waals surface area contributed by atoms with E-state index in [2.05, 4.69) is 39.6 Å². The van der Waals surface area contributed by atoms with Crippen LogP contribution in [0.15, 0.2) is 121 Å². The minimum atomic E-state index is -1.65. The summed E-state index contributed by atoms with van der Waals surface area (Å²) in [5.41, 5.74) is 18.4. The van der Waals surface area contributed by atoms with Gasteiger partial charge in [-0.2, -0.15) is 0 Å². The highest BCUT2D eigenvalue weighted by Crippen LogP contribution is 2.50. The lowest BCUT2D eigenvalue weighted by molar-refractivity contribution is -0.141. The van der Waals surface area contributed by atoms with Gasteiger partial charge in [-0.25, -0.2) is 4.79 Å². The number of ether oxygens (including phenoxy) is 1. The van der Waals surface area contributed by atoms with E-state index in [1.165, 1.54) is 5.56 Å². The van der Waals surface area contributed by atoms with E-state index in [1.54, 1.807) is 0 Å². The number of piperidine rings is 2. The number of amides is 1. The van der Waals surface area contributed by atoms with E-state index < -0.39 is 30.2 Å². The third-order valence-corrected chi connectivity index (χ3v) is 14.2. The van der Waals surface area contributed by atoms with Crippen molar-refractivity contribution in [3.8, 4) is 5.75 Å². The lowest BCUT2D eigenvalue weighted by Crippen LogP contribution is -2.50. The fourth-order valence-electron chi connectivity index (χ4n) is 10.7. The number of aromatic nitrogens is 2. The van der Waals surface area contributed by atoms with E-state index in [0.29, 0.717) is 71.0 Å². The molecule has 4 aliphatic heterocycles. The summed E-state index contributed by atoms with van der Waals surface area (Å²) in [5.74, 6) is 0.314. The first-order valence-electron chi connectivity index (χ1n) is 22.3. The van der Waals surface area contributed by atoms with Crippen LogP contribution in [0, 0.1) is 0 Å². The maximum absolute atomic E-state index is 14.6. The van der Waals surface area contributed by atoms with Crippen LogP contribution >= 0.6 is 0 Å². The number of carbonyl (C=O) groups excluding carboxylic acids is 3. The minimum absolute atomic E-state index is 0.0915. The zero-order valence-corrected chi connectivity index (χ0v) is 35.4. The molecule has 0 radical (unpaired) electrons. The Hall–Kier alpha value is -6.51. The number of nitrogens with zero attached hydrogens (tertiary/aromatic N) is 1. The number of carbonyl (C=O) groups is 3. The first kappa shape index (κ1) is 40.3. The molecule has 4 aliphatic rings. The van der Waals surface area contributed by atoms with Crippen LogP contribution in [0.1, 0.15) is 86.0 Å². The van der Waals surface area contributed by atoms with Crippen LogP contribution in [0.3, 0.4) is 0 Å². The summed E-state index contributed by atoms with van der Waals surface area (Å²) >= 11 is 0. The van der Waals surface area contributed by atoms with E-state index in [4.69, 9.17) is 25.5 Å². The van der Waals surface area contributed by atoms with E-state index in [9.17, 15) is 14.4 Å². The third-order valence-electron chi connectivity index (χ3n) is 14.2. The molecule has 7 N–H and O–H groups in total. The smallest absolute Gasteiger partial charge is 0.503 e. The van der Waals surface area contributed by atoms with Crippen molar-refractivity contribution in [3.63, 3.8) is 0 Å². The van der Waals surface area contributed by atoms with E-state index in [0.717, 1.165) is 72.1 Å². The van der Waals surface area contributed by atoms with Gasteiger partial charge in [-0.05, 0) is 108 Å². The van der Waals surface area contributed by atoms with Crippen LogP contribution in [-0.4, -0.2) is 71.9 Å². The predicted octanol–water partition coefficient (Wildman–Crippen LogP) is 6.06. The van der Waals surface area contributed by atoms with Gasteiger partial charge in [0.25, 0.3) is 5.91 Å². The monoisotopic (exact) mass is 852 g/mol. The SMILES string of the molecule is NCc1cccc(C2CCN(C(=O)c3cc4c([C@@]5(c6ccccc6)OB(c6ccc7[nH]c(C(=O)C8Oc9ccc(CN)cc9C89CCNCC9)cc7c6)OC5=O)cccc4[nH]3)CC2)c1. The maximum Gasteiger partial charge on any atom is 0.566 e. The number of hydrogen-bond donors (Lipinski definition) is 5. The molecule has 0 saturated carbocycles. The van der Waals surface area contributed by atoms with Crippen LogP contribution in [0.2, 0.25) is 0 Å². The van der Waals surface area contributed by atoms with Crippen molar-refractivity contribution in [2.24, 2.45) is 11.5 Å². The van der Waals surface area contributed by atoms with Crippen LogP contribution in [0.25, 0.3) is 21.8 Å². The number of H-pyrrole nitrogens is 2. The number of benzene rings is 5. The third kappa shape index (κ3) is 6.56. The molecule has 322 valence electrons. The first-order valence-corrected chi connectivity index (χ1v) is 22.3. The topological polar surface area (TPSA) is 178 Å². The first-order chi connectivity index (χ1) is 31.3. The van der Waals surface area contributed by atoms with Gasteiger partial charge in [0.05, 0.1) is 5.69 Å². The molecule has 7 aromatic rings. The maximum atomic E-state index is 14.6. The summed E-state index contributed by atoms with van der Waals surface area (Å²) < 4.78 is 19.6. The molecule has 11 rings (SSSR count). The number of likely N-dealkylation sites (tertiary alicyclic amines) is 1.